The number of halogens is 1. The minimum atomic E-state index is 0.492. The number of benzene rings is 1. The van der Waals surface area contributed by atoms with Gasteiger partial charge in [-0.25, -0.2) is 0 Å². The molecular formula is C16H24BrNS. The van der Waals surface area contributed by atoms with Gasteiger partial charge in [-0.3, -0.25) is 0 Å². The van der Waals surface area contributed by atoms with Crippen LogP contribution in [0, 0.1) is 0 Å². The van der Waals surface area contributed by atoms with Crippen LogP contribution in [-0.4, -0.2) is 17.5 Å². The summed E-state index contributed by atoms with van der Waals surface area (Å²) in [6.45, 7) is 2.27. The molecule has 0 heterocycles. The first-order valence-electron chi connectivity index (χ1n) is 7.29. The molecule has 19 heavy (non-hydrogen) atoms. The molecule has 1 fully saturated rings. The van der Waals surface area contributed by atoms with E-state index in [2.05, 4.69) is 58.7 Å². The summed E-state index contributed by atoms with van der Waals surface area (Å²) >= 11 is 5.55. The molecule has 3 heteroatoms. The lowest BCUT2D eigenvalue weighted by molar-refractivity contribution is 0.343. The van der Waals surface area contributed by atoms with Gasteiger partial charge in [-0.1, -0.05) is 47.8 Å². The molecule has 3 atom stereocenters. The third kappa shape index (κ3) is 4.24. The van der Waals surface area contributed by atoms with Crippen LogP contribution in [0.4, 0.5) is 0 Å². The van der Waals surface area contributed by atoms with Crippen molar-refractivity contribution in [3.05, 3.63) is 34.3 Å². The lowest BCUT2D eigenvalue weighted by atomic mass is 9.93. The molecule has 0 aliphatic heterocycles. The van der Waals surface area contributed by atoms with Gasteiger partial charge >= 0.3 is 0 Å². The van der Waals surface area contributed by atoms with Gasteiger partial charge in [0.25, 0.3) is 0 Å². The van der Waals surface area contributed by atoms with E-state index in [1.54, 1.807) is 0 Å². The molecule has 1 saturated carbocycles. The van der Waals surface area contributed by atoms with Crippen molar-refractivity contribution >= 4 is 27.7 Å². The van der Waals surface area contributed by atoms with Gasteiger partial charge in [-0.2, -0.15) is 11.8 Å². The third-order valence-corrected chi connectivity index (χ3v) is 5.80. The highest BCUT2D eigenvalue weighted by Gasteiger charge is 2.26. The second kappa shape index (κ2) is 7.70. The number of thioether (sulfide) groups is 1. The molecule has 1 aromatic rings. The Bertz CT molecular complexity index is 379. The molecule has 0 saturated heterocycles. The van der Waals surface area contributed by atoms with Crippen LogP contribution in [0.2, 0.25) is 0 Å². The summed E-state index contributed by atoms with van der Waals surface area (Å²) < 4.78 is 1.16. The fraction of sp³-hybridized carbons (Fsp3) is 0.625. The van der Waals surface area contributed by atoms with Crippen LogP contribution in [0.5, 0.6) is 0 Å². The molecule has 0 bridgehead atoms. The highest BCUT2D eigenvalue weighted by Crippen LogP contribution is 2.30. The fourth-order valence-corrected chi connectivity index (χ4v) is 4.18. The Morgan fingerprint density at radius 3 is 2.58 bits per heavy atom. The molecule has 0 radical (unpaired) electrons. The van der Waals surface area contributed by atoms with Crippen molar-refractivity contribution < 1.29 is 0 Å². The zero-order valence-electron chi connectivity index (χ0n) is 11.9. The van der Waals surface area contributed by atoms with Gasteiger partial charge in [-0.05, 0) is 43.2 Å². The normalized spacial score (nSPS) is 25.2. The van der Waals surface area contributed by atoms with E-state index >= 15 is 0 Å². The summed E-state index contributed by atoms with van der Waals surface area (Å²) in [5.41, 5.74) is 1.41. The molecule has 3 unspecified atom stereocenters. The van der Waals surface area contributed by atoms with Crippen molar-refractivity contribution in [1.82, 2.24) is 5.32 Å². The summed E-state index contributed by atoms with van der Waals surface area (Å²) in [4.78, 5) is 0. The average molecular weight is 342 g/mol. The number of hydrogen-bond donors (Lipinski definition) is 1. The van der Waals surface area contributed by atoms with Crippen LogP contribution in [0.3, 0.4) is 0 Å². The molecule has 1 nitrogen and oxygen atoms in total. The predicted octanol–water partition coefficient (Wildman–Crippen LogP) is 5.16. The summed E-state index contributed by atoms with van der Waals surface area (Å²) in [5, 5.41) is 4.70. The average Bonchev–Trinajstić information content (AvgIpc) is 2.46. The lowest BCUT2D eigenvalue weighted by Gasteiger charge is -2.34. The molecule has 1 N–H and O–H groups in total. The largest absolute Gasteiger partial charge is 0.306 e. The summed E-state index contributed by atoms with van der Waals surface area (Å²) in [6.07, 6.45) is 8.89. The fourth-order valence-electron chi connectivity index (χ4n) is 2.97. The topological polar surface area (TPSA) is 12.0 Å². The SMILES string of the molecule is CCC(NC1CCCCC1SC)c1ccc(Br)cc1. The lowest BCUT2D eigenvalue weighted by Crippen LogP contribution is -2.42. The highest BCUT2D eigenvalue weighted by atomic mass is 79.9. The van der Waals surface area contributed by atoms with Crippen LogP contribution < -0.4 is 5.32 Å². The van der Waals surface area contributed by atoms with Crippen LogP contribution in [0.15, 0.2) is 28.7 Å². The Morgan fingerprint density at radius 2 is 1.95 bits per heavy atom. The molecule has 2 rings (SSSR count). The van der Waals surface area contributed by atoms with E-state index in [4.69, 9.17) is 0 Å². The van der Waals surface area contributed by atoms with Crippen LogP contribution >= 0.6 is 27.7 Å². The number of hydrogen-bond acceptors (Lipinski definition) is 2. The Hall–Kier alpha value is 0.01000. The summed E-state index contributed by atoms with van der Waals surface area (Å²) in [6, 6.07) is 9.94. The van der Waals surface area contributed by atoms with E-state index in [-0.39, 0.29) is 0 Å². The van der Waals surface area contributed by atoms with Gasteiger partial charge in [-0.15, -0.1) is 0 Å². The third-order valence-electron chi connectivity index (χ3n) is 4.10. The van der Waals surface area contributed by atoms with Crippen molar-refractivity contribution in [3.63, 3.8) is 0 Å². The minimum absolute atomic E-state index is 0.492. The van der Waals surface area contributed by atoms with E-state index in [0.717, 1.165) is 16.1 Å². The second-order valence-electron chi connectivity index (χ2n) is 5.34. The molecule has 0 amide bonds. The standard InChI is InChI=1S/C16H24BrNS/c1-3-14(12-8-10-13(17)11-9-12)18-15-6-4-5-7-16(15)19-2/h8-11,14-16,18H,3-7H2,1-2H3. The van der Waals surface area contributed by atoms with Gasteiger partial charge in [0.1, 0.15) is 0 Å². The molecule has 0 aromatic heterocycles. The van der Waals surface area contributed by atoms with Gasteiger partial charge < -0.3 is 5.32 Å². The maximum atomic E-state index is 3.91. The number of nitrogens with one attached hydrogen (secondary N) is 1. The zero-order chi connectivity index (χ0) is 13.7. The molecule has 1 aromatic carbocycles. The van der Waals surface area contributed by atoms with Crippen molar-refractivity contribution in [2.45, 2.75) is 56.4 Å². The summed E-state index contributed by atoms with van der Waals surface area (Å²) in [7, 11) is 0. The molecule has 1 aliphatic carbocycles. The molecular weight excluding hydrogens is 318 g/mol. The van der Waals surface area contributed by atoms with E-state index in [1.807, 2.05) is 11.8 Å². The van der Waals surface area contributed by atoms with Gasteiger partial charge in [0, 0.05) is 21.8 Å². The predicted molar refractivity (Wildman–Crippen MR) is 89.9 cm³/mol. The molecule has 1 aliphatic rings. The van der Waals surface area contributed by atoms with Crippen molar-refractivity contribution in [2.75, 3.05) is 6.26 Å². The highest BCUT2D eigenvalue weighted by molar-refractivity contribution is 9.10. The number of rotatable bonds is 5. The second-order valence-corrected chi connectivity index (χ2v) is 7.34. The Morgan fingerprint density at radius 1 is 1.26 bits per heavy atom. The van der Waals surface area contributed by atoms with Crippen molar-refractivity contribution in [2.24, 2.45) is 0 Å². The Balaban J connectivity index is 2.03. The first-order chi connectivity index (χ1) is 9.24. The molecule has 106 valence electrons. The van der Waals surface area contributed by atoms with Gasteiger partial charge in [0.2, 0.25) is 0 Å². The monoisotopic (exact) mass is 341 g/mol. The van der Waals surface area contributed by atoms with E-state index < -0.39 is 0 Å². The minimum Gasteiger partial charge on any atom is -0.306 e. The smallest absolute Gasteiger partial charge is 0.0320 e. The van der Waals surface area contributed by atoms with Crippen molar-refractivity contribution in [1.29, 1.82) is 0 Å². The van der Waals surface area contributed by atoms with Crippen LogP contribution in [0.25, 0.3) is 0 Å². The zero-order valence-corrected chi connectivity index (χ0v) is 14.3. The molecule has 0 spiro atoms. The first kappa shape index (κ1) is 15.4. The maximum absolute atomic E-state index is 3.91. The van der Waals surface area contributed by atoms with E-state index in [1.165, 1.54) is 31.2 Å². The van der Waals surface area contributed by atoms with Crippen LogP contribution in [0.1, 0.15) is 50.6 Å². The first-order valence-corrected chi connectivity index (χ1v) is 9.37. The Kier molecular flexibility index (Phi) is 6.24. The van der Waals surface area contributed by atoms with E-state index in [0.29, 0.717) is 12.1 Å². The summed E-state index contributed by atoms with van der Waals surface area (Å²) in [5.74, 6) is 0. The van der Waals surface area contributed by atoms with Crippen LogP contribution in [-0.2, 0) is 0 Å². The van der Waals surface area contributed by atoms with Gasteiger partial charge in [0.05, 0.1) is 0 Å². The van der Waals surface area contributed by atoms with E-state index in [9.17, 15) is 0 Å². The quantitative estimate of drug-likeness (QED) is 0.793. The van der Waals surface area contributed by atoms with Crippen molar-refractivity contribution in [3.8, 4) is 0 Å². The van der Waals surface area contributed by atoms with Gasteiger partial charge in [0.15, 0.2) is 0 Å². The maximum Gasteiger partial charge on any atom is 0.0320 e. The Labute approximate surface area is 130 Å².